The minimum absolute atomic E-state index is 0.0467. The van der Waals surface area contributed by atoms with E-state index in [4.69, 9.17) is 4.74 Å². The number of nitrogens with zero attached hydrogens (tertiary/aromatic N) is 5. The van der Waals surface area contributed by atoms with Crippen LogP contribution in [0.25, 0.3) is 16.7 Å². The minimum Gasteiger partial charge on any atom is -0.505 e. The summed E-state index contributed by atoms with van der Waals surface area (Å²) in [5.41, 5.74) is 0.936. The molecule has 11 heteroatoms. The Kier molecular flexibility index (Phi) is 5.26. The number of ether oxygens (including phenoxy) is 1. The molecule has 0 amide bonds. The first-order valence-corrected chi connectivity index (χ1v) is 9.41. The van der Waals surface area contributed by atoms with Gasteiger partial charge in [0.05, 0.1) is 66.0 Å². The number of benzene rings is 1. The fourth-order valence-corrected chi connectivity index (χ4v) is 3.23. The Morgan fingerprint density at radius 3 is 2.39 bits per heavy atom. The third-order valence-electron chi connectivity index (χ3n) is 4.87. The summed E-state index contributed by atoms with van der Waals surface area (Å²) < 4.78 is 6.63. The predicted octanol–water partition coefficient (Wildman–Crippen LogP) is 1.50. The van der Waals surface area contributed by atoms with Crippen LogP contribution in [0.5, 0.6) is 5.75 Å². The first-order chi connectivity index (χ1) is 14.8. The lowest BCUT2D eigenvalue weighted by atomic mass is 10.1. The summed E-state index contributed by atoms with van der Waals surface area (Å²) in [5.74, 6) is -2.56. The normalized spacial score (nSPS) is 14.4. The van der Waals surface area contributed by atoms with E-state index in [0.717, 1.165) is 6.07 Å². The van der Waals surface area contributed by atoms with Gasteiger partial charge in [0.1, 0.15) is 5.75 Å². The molecular formula is C20H19N5O6. The molecule has 3 heterocycles. The lowest BCUT2D eigenvalue weighted by Gasteiger charge is -2.23. The molecule has 0 atom stereocenters. The zero-order valence-electron chi connectivity index (χ0n) is 16.5. The highest BCUT2D eigenvalue weighted by molar-refractivity contribution is 6.00. The van der Waals surface area contributed by atoms with Gasteiger partial charge in [0.2, 0.25) is 0 Å². The van der Waals surface area contributed by atoms with Gasteiger partial charge in [0.15, 0.2) is 5.65 Å². The number of hydrazone groups is 1. The molecule has 0 radical (unpaired) electrons. The monoisotopic (exact) mass is 425 g/mol. The van der Waals surface area contributed by atoms with Crippen LogP contribution in [0.2, 0.25) is 0 Å². The summed E-state index contributed by atoms with van der Waals surface area (Å²) in [6.45, 7) is 4.02. The van der Waals surface area contributed by atoms with Gasteiger partial charge in [-0.25, -0.2) is 19.3 Å². The highest BCUT2D eigenvalue weighted by Gasteiger charge is 2.18. The average molecular weight is 425 g/mol. The topological polar surface area (TPSA) is 150 Å². The molecule has 0 saturated carbocycles. The number of aryl methyl sites for hydroxylation is 1. The summed E-state index contributed by atoms with van der Waals surface area (Å²) in [4.78, 5) is 27.1. The Hall–Kier alpha value is -3.99. The summed E-state index contributed by atoms with van der Waals surface area (Å²) in [5, 5.41) is 40.2. The number of hydrogen-bond acceptors (Lipinski definition) is 8. The molecular weight excluding hydrogens is 406 g/mol. The molecule has 31 heavy (non-hydrogen) atoms. The molecule has 1 aliphatic rings. The molecule has 1 aliphatic heterocycles. The first-order valence-electron chi connectivity index (χ1n) is 9.41. The van der Waals surface area contributed by atoms with Crippen molar-refractivity contribution in [1.82, 2.24) is 19.8 Å². The van der Waals surface area contributed by atoms with Gasteiger partial charge in [0, 0.05) is 6.20 Å². The SMILES string of the molecule is Cc1nc2nn(-c3cc(C(=O)O)cc(C(=O)O)c3)cc2c(C=NN2CCOCC2)c1O. The van der Waals surface area contributed by atoms with E-state index in [1.54, 1.807) is 13.1 Å². The van der Waals surface area contributed by atoms with Crippen LogP contribution in [0.4, 0.5) is 0 Å². The van der Waals surface area contributed by atoms with Crippen molar-refractivity contribution in [3.05, 3.63) is 46.8 Å². The van der Waals surface area contributed by atoms with E-state index in [0.29, 0.717) is 48.6 Å². The fourth-order valence-electron chi connectivity index (χ4n) is 3.23. The van der Waals surface area contributed by atoms with Gasteiger partial charge in [0.25, 0.3) is 0 Å². The molecule has 3 N–H and O–H groups in total. The van der Waals surface area contributed by atoms with Crippen LogP contribution in [0, 0.1) is 6.92 Å². The number of fused-ring (bicyclic) bond motifs is 1. The molecule has 3 aromatic rings. The van der Waals surface area contributed by atoms with Crippen molar-refractivity contribution in [3.8, 4) is 11.4 Å². The minimum atomic E-state index is -1.26. The summed E-state index contributed by atoms with van der Waals surface area (Å²) >= 11 is 0. The van der Waals surface area contributed by atoms with E-state index in [9.17, 15) is 24.9 Å². The van der Waals surface area contributed by atoms with Crippen molar-refractivity contribution in [2.24, 2.45) is 5.10 Å². The molecule has 0 bridgehead atoms. The van der Waals surface area contributed by atoms with Gasteiger partial charge in [-0.1, -0.05) is 0 Å². The average Bonchev–Trinajstić information content (AvgIpc) is 3.18. The maximum atomic E-state index is 11.4. The number of aromatic nitrogens is 3. The smallest absolute Gasteiger partial charge is 0.335 e. The summed E-state index contributed by atoms with van der Waals surface area (Å²) in [6, 6.07) is 3.70. The van der Waals surface area contributed by atoms with Crippen LogP contribution < -0.4 is 0 Å². The second kappa shape index (κ2) is 8.03. The molecule has 160 valence electrons. The largest absolute Gasteiger partial charge is 0.505 e. The van der Waals surface area contributed by atoms with Gasteiger partial charge < -0.3 is 20.1 Å². The maximum absolute atomic E-state index is 11.4. The Morgan fingerprint density at radius 1 is 1.13 bits per heavy atom. The van der Waals surface area contributed by atoms with Crippen LogP contribution in [0.15, 0.2) is 29.5 Å². The van der Waals surface area contributed by atoms with Crippen LogP contribution in [0.1, 0.15) is 32.0 Å². The summed E-state index contributed by atoms with van der Waals surface area (Å²) in [7, 11) is 0. The molecule has 0 unspecified atom stereocenters. The number of morpholine rings is 1. The number of hydrogen-bond donors (Lipinski definition) is 3. The van der Waals surface area contributed by atoms with E-state index in [2.05, 4.69) is 15.2 Å². The molecule has 1 fully saturated rings. The van der Waals surface area contributed by atoms with Gasteiger partial charge in [-0.15, -0.1) is 5.10 Å². The quantitative estimate of drug-likeness (QED) is 0.517. The van der Waals surface area contributed by atoms with Crippen molar-refractivity contribution in [2.45, 2.75) is 6.92 Å². The fraction of sp³-hybridized carbons (Fsp3) is 0.250. The third-order valence-corrected chi connectivity index (χ3v) is 4.87. The van der Waals surface area contributed by atoms with Crippen LogP contribution in [-0.2, 0) is 4.74 Å². The van der Waals surface area contributed by atoms with Gasteiger partial charge >= 0.3 is 11.9 Å². The van der Waals surface area contributed by atoms with E-state index < -0.39 is 11.9 Å². The number of carboxylic acids is 2. The number of pyridine rings is 1. The number of carboxylic acid groups (broad SMARTS) is 2. The molecule has 4 rings (SSSR count). The predicted molar refractivity (Wildman–Crippen MR) is 109 cm³/mol. The number of rotatable bonds is 5. The van der Waals surface area contributed by atoms with E-state index in [-0.39, 0.29) is 22.6 Å². The Morgan fingerprint density at radius 2 is 1.77 bits per heavy atom. The zero-order valence-corrected chi connectivity index (χ0v) is 16.5. The first kappa shape index (κ1) is 20.3. The Bertz CT molecular complexity index is 1180. The standard InChI is InChI=1S/C20H19N5O6/c1-11-17(26)15(9-21-24-2-4-31-5-3-24)16-10-25(23-18(16)22-11)14-7-12(19(27)28)6-13(8-14)20(29)30/h6-10,26H,2-5H2,1H3,(H,27,28)(H,29,30). The molecule has 0 aliphatic carbocycles. The van der Waals surface area contributed by atoms with Crippen molar-refractivity contribution in [1.29, 1.82) is 0 Å². The zero-order chi connectivity index (χ0) is 22.1. The van der Waals surface area contributed by atoms with Crippen LogP contribution in [0.3, 0.4) is 0 Å². The number of aromatic hydroxyl groups is 1. The highest BCUT2D eigenvalue weighted by Crippen LogP contribution is 2.28. The lowest BCUT2D eigenvalue weighted by molar-refractivity contribution is 0.0397. The highest BCUT2D eigenvalue weighted by atomic mass is 16.5. The van der Waals surface area contributed by atoms with Crippen molar-refractivity contribution in [3.63, 3.8) is 0 Å². The molecule has 1 aromatic carbocycles. The van der Waals surface area contributed by atoms with Gasteiger partial charge in [-0.3, -0.25) is 5.01 Å². The molecule has 2 aromatic heterocycles. The Balaban J connectivity index is 1.82. The third kappa shape index (κ3) is 4.03. The molecule has 11 nitrogen and oxygen atoms in total. The van der Waals surface area contributed by atoms with Gasteiger partial charge in [-0.2, -0.15) is 5.10 Å². The van der Waals surface area contributed by atoms with E-state index in [1.165, 1.54) is 23.0 Å². The lowest BCUT2D eigenvalue weighted by Crippen LogP contribution is -2.32. The summed E-state index contributed by atoms with van der Waals surface area (Å²) in [6.07, 6.45) is 3.08. The van der Waals surface area contributed by atoms with E-state index in [1.807, 2.05) is 5.01 Å². The van der Waals surface area contributed by atoms with Crippen molar-refractivity contribution in [2.75, 3.05) is 26.3 Å². The second-order valence-electron chi connectivity index (χ2n) is 6.96. The number of aromatic carboxylic acids is 2. The number of carbonyl (C=O) groups is 2. The molecule has 0 spiro atoms. The second-order valence-corrected chi connectivity index (χ2v) is 6.96. The van der Waals surface area contributed by atoms with Gasteiger partial charge in [-0.05, 0) is 25.1 Å². The van der Waals surface area contributed by atoms with Crippen molar-refractivity contribution < 1.29 is 29.6 Å². The maximum Gasteiger partial charge on any atom is 0.335 e. The molecule has 1 saturated heterocycles. The van der Waals surface area contributed by atoms with E-state index >= 15 is 0 Å². The van der Waals surface area contributed by atoms with Crippen LogP contribution in [-0.4, -0.2) is 79.5 Å². The van der Waals surface area contributed by atoms with Crippen LogP contribution >= 0.6 is 0 Å². The van der Waals surface area contributed by atoms with Crippen molar-refractivity contribution >= 4 is 29.2 Å². The Labute approximate surface area is 175 Å².